The lowest BCUT2D eigenvalue weighted by Gasteiger charge is -2.31. The minimum Gasteiger partial charge on any atom is -0.368 e. The van der Waals surface area contributed by atoms with Gasteiger partial charge in [-0.25, -0.2) is 0 Å². The molecule has 0 bridgehead atoms. The smallest absolute Gasteiger partial charge is 0.368 e. The van der Waals surface area contributed by atoms with Gasteiger partial charge in [0, 0.05) is 44.1 Å². The first kappa shape index (κ1) is 15.6. The van der Waals surface area contributed by atoms with Crippen molar-refractivity contribution in [1.82, 2.24) is 10.3 Å². The first-order chi connectivity index (χ1) is 10.9. The highest BCUT2D eigenvalue weighted by Gasteiger charge is 2.35. The highest BCUT2D eigenvalue weighted by molar-refractivity contribution is 5.69. The predicted molar refractivity (Wildman–Crippen MR) is 82.6 cm³/mol. The summed E-state index contributed by atoms with van der Waals surface area (Å²) in [5, 5.41) is 3.13. The molecule has 0 aliphatic carbocycles. The summed E-state index contributed by atoms with van der Waals surface area (Å²) in [6.45, 7) is 2.42. The van der Waals surface area contributed by atoms with Gasteiger partial charge in [0.15, 0.2) is 0 Å². The second-order valence-electron chi connectivity index (χ2n) is 5.41. The SMILES string of the molecule is O=c1ccc(-c2ccc(N3CCNCC3)c(C(F)(F)F)c2)c[nH]1. The average Bonchev–Trinajstić information content (AvgIpc) is 2.55. The van der Waals surface area contributed by atoms with Crippen molar-refractivity contribution in [2.45, 2.75) is 6.18 Å². The largest absolute Gasteiger partial charge is 0.418 e. The lowest BCUT2D eigenvalue weighted by atomic mass is 10.0. The fraction of sp³-hybridized carbons (Fsp3) is 0.312. The third-order valence-corrected chi connectivity index (χ3v) is 3.88. The van der Waals surface area contributed by atoms with E-state index in [4.69, 9.17) is 0 Å². The molecule has 0 saturated carbocycles. The molecule has 2 aromatic rings. The molecule has 23 heavy (non-hydrogen) atoms. The van der Waals surface area contributed by atoms with Gasteiger partial charge in [0.2, 0.25) is 5.56 Å². The van der Waals surface area contributed by atoms with E-state index in [0.29, 0.717) is 37.3 Å². The number of aromatic nitrogens is 1. The second kappa shape index (κ2) is 6.08. The number of hydrogen-bond acceptors (Lipinski definition) is 3. The monoisotopic (exact) mass is 323 g/mol. The van der Waals surface area contributed by atoms with Crippen LogP contribution in [-0.4, -0.2) is 31.2 Å². The molecule has 1 aliphatic heterocycles. The topological polar surface area (TPSA) is 48.1 Å². The van der Waals surface area contributed by atoms with E-state index in [9.17, 15) is 18.0 Å². The molecule has 0 unspecified atom stereocenters. The molecule has 1 aliphatic rings. The number of alkyl halides is 3. The van der Waals surface area contributed by atoms with Crippen molar-refractivity contribution < 1.29 is 13.2 Å². The average molecular weight is 323 g/mol. The van der Waals surface area contributed by atoms with E-state index in [1.165, 1.54) is 24.4 Å². The molecule has 0 spiro atoms. The van der Waals surface area contributed by atoms with Crippen LogP contribution in [0, 0.1) is 0 Å². The Labute approximate surface area is 130 Å². The van der Waals surface area contributed by atoms with E-state index in [-0.39, 0.29) is 11.2 Å². The number of nitrogens with zero attached hydrogens (tertiary/aromatic N) is 1. The van der Waals surface area contributed by atoms with Crippen LogP contribution in [0.25, 0.3) is 11.1 Å². The van der Waals surface area contributed by atoms with Crippen molar-refractivity contribution in [3.05, 3.63) is 52.4 Å². The number of pyridine rings is 1. The number of aromatic amines is 1. The fourth-order valence-corrected chi connectivity index (χ4v) is 2.71. The van der Waals surface area contributed by atoms with Gasteiger partial charge in [0.1, 0.15) is 0 Å². The first-order valence-electron chi connectivity index (χ1n) is 7.31. The molecule has 1 aromatic heterocycles. The number of rotatable bonds is 2. The summed E-state index contributed by atoms with van der Waals surface area (Å²) in [6, 6.07) is 7.12. The number of piperazine rings is 1. The van der Waals surface area contributed by atoms with Gasteiger partial charge in [-0.1, -0.05) is 6.07 Å². The molecule has 1 fully saturated rings. The Morgan fingerprint density at radius 1 is 1.00 bits per heavy atom. The zero-order valence-corrected chi connectivity index (χ0v) is 12.3. The molecular weight excluding hydrogens is 307 g/mol. The molecule has 0 amide bonds. The summed E-state index contributed by atoms with van der Waals surface area (Å²) in [5.41, 5.74) is 0.229. The van der Waals surface area contributed by atoms with Gasteiger partial charge in [-0.05, 0) is 29.3 Å². The summed E-state index contributed by atoms with van der Waals surface area (Å²) < 4.78 is 40.4. The number of nitrogens with one attached hydrogen (secondary N) is 2. The van der Waals surface area contributed by atoms with Gasteiger partial charge >= 0.3 is 6.18 Å². The summed E-state index contributed by atoms with van der Waals surface area (Å²) in [4.78, 5) is 15.3. The molecule has 1 aromatic carbocycles. The van der Waals surface area contributed by atoms with E-state index >= 15 is 0 Å². The Morgan fingerprint density at radius 2 is 1.70 bits per heavy atom. The van der Waals surface area contributed by atoms with Crippen molar-refractivity contribution >= 4 is 5.69 Å². The van der Waals surface area contributed by atoms with Crippen LogP contribution < -0.4 is 15.8 Å². The summed E-state index contributed by atoms with van der Waals surface area (Å²) in [5.74, 6) is 0. The Balaban J connectivity index is 2.04. The Kier molecular flexibility index (Phi) is 4.12. The molecule has 4 nitrogen and oxygen atoms in total. The number of anilines is 1. The normalized spacial score (nSPS) is 15.7. The van der Waals surface area contributed by atoms with Crippen molar-refractivity contribution in [2.75, 3.05) is 31.1 Å². The van der Waals surface area contributed by atoms with Gasteiger partial charge in [-0.2, -0.15) is 13.2 Å². The van der Waals surface area contributed by atoms with Crippen molar-refractivity contribution in [3.8, 4) is 11.1 Å². The maximum Gasteiger partial charge on any atom is 0.418 e. The summed E-state index contributed by atoms with van der Waals surface area (Å²) >= 11 is 0. The van der Waals surface area contributed by atoms with Crippen LogP contribution in [0.3, 0.4) is 0 Å². The van der Waals surface area contributed by atoms with E-state index in [1.807, 2.05) is 0 Å². The maximum absolute atomic E-state index is 13.5. The third-order valence-electron chi connectivity index (χ3n) is 3.88. The molecule has 1 saturated heterocycles. The molecule has 2 heterocycles. The molecule has 0 radical (unpaired) electrons. The standard InChI is InChI=1S/C16H16F3N3O/c17-16(18,19)13-9-11(12-2-4-15(23)21-10-12)1-3-14(13)22-7-5-20-6-8-22/h1-4,9-10,20H,5-8H2,(H,21,23). The minimum atomic E-state index is -4.43. The second-order valence-corrected chi connectivity index (χ2v) is 5.41. The lowest BCUT2D eigenvalue weighted by Crippen LogP contribution is -2.44. The molecule has 3 rings (SSSR count). The highest BCUT2D eigenvalue weighted by Crippen LogP contribution is 2.39. The van der Waals surface area contributed by atoms with Gasteiger partial charge in [0.05, 0.1) is 5.56 Å². The first-order valence-corrected chi connectivity index (χ1v) is 7.31. The summed E-state index contributed by atoms with van der Waals surface area (Å²) in [7, 11) is 0. The zero-order chi connectivity index (χ0) is 16.4. The lowest BCUT2D eigenvalue weighted by molar-refractivity contribution is -0.137. The van der Waals surface area contributed by atoms with E-state index in [0.717, 1.165) is 6.07 Å². The Hall–Kier alpha value is -2.28. The van der Waals surface area contributed by atoms with Gasteiger partial charge < -0.3 is 15.2 Å². The number of benzene rings is 1. The Morgan fingerprint density at radius 3 is 2.30 bits per heavy atom. The van der Waals surface area contributed by atoms with Crippen molar-refractivity contribution in [1.29, 1.82) is 0 Å². The molecule has 7 heteroatoms. The molecule has 122 valence electrons. The fourth-order valence-electron chi connectivity index (χ4n) is 2.71. The molecule has 0 atom stereocenters. The van der Waals surface area contributed by atoms with Crippen LogP contribution in [0.5, 0.6) is 0 Å². The van der Waals surface area contributed by atoms with Crippen molar-refractivity contribution in [3.63, 3.8) is 0 Å². The van der Waals surface area contributed by atoms with E-state index in [2.05, 4.69) is 10.3 Å². The van der Waals surface area contributed by atoms with Crippen molar-refractivity contribution in [2.24, 2.45) is 0 Å². The van der Waals surface area contributed by atoms with Crippen LogP contribution in [0.1, 0.15) is 5.56 Å². The van der Waals surface area contributed by atoms with E-state index < -0.39 is 11.7 Å². The van der Waals surface area contributed by atoms with Gasteiger partial charge in [-0.3, -0.25) is 4.79 Å². The third kappa shape index (κ3) is 3.39. The molecule has 2 N–H and O–H groups in total. The number of hydrogen-bond donors (Lipinski definition) is 2. The van der Waals surface area contributed by atoms with E-state index in [1.54, 1.807) is 11.0 Å². The molecular formula is C16H16F3N3O. The van der Waals surface area contributed by atoms with Gasteiger partial charge in [-0.15, -0.1) is 0 Å². The predicted octanol–water partition coefficient (Wildman–Crippen LogP) is 2.47. The van der Waals surface area contributed by atoms with Crippen LogP contribution in [-0.2, 0) is 6.18 Å². The zero-order valence-electron chi connectivity index (χ0n) is 12.3. The quantitative estimate of drug-likeness (QED) is 0.893. The van der Waals surface area contributed by atoms with Crippen LogP contribution in [0.15, 0.2) is 41.3 Å². The number of halogens is 3. The van der Waals surface area contributed by atoms with Gasteiger partial charge in [0.25, 0.3) is 0 Å². The Bertz CT molecular complexity index is 728. The number of H-pyrrole nitrogens is 1. The van der Waals surface area contributed by atoms with Crippen LogP contribution in [0.4, 0.5) is 18.9 Å². The highest BCUT2D eigenvalue weighted by atomic mass is 19.4. The van der Waals surface area contributed by atoms with Crippen LogP contribution in [0.2, 0.25) is 0 Å². The maximum atomic E-state index is 13.5. The summed E-state index contributed by atoms with van der Waals surface area (Å²) in [6.07, 6.45) is -3.01. The minimum absolute atomic E-state index is 0.201. The van der Waals surface area contributed by atoms with Crippen LogP contribution >= 0.6 is 0 Å².